The van der Waals surface area contributed by atoms with Crippen LogP contribution in [0, 0.1) is 5.82 Å². The van der Waals surface area contributed by atoms with E-state index in [0.717, 1.165) is 0 Å². The molecule has 1 aliphatic rings. The van der Waals surface area contributed by atoms with Crippen molar-refractivity contribution in [1.82, 2.24) is 4.90 Å². The number of hydrogen-bond acceptors (Lipinski definition) is 4. The number of aliphatic hydroxyl groups is 1. The molecule has 1 amide bonds. The zero-order valence-electron chi connectivity index (χ0n) is 12.3. The lowest BCUT2D eigenvalue weighted by Gasteiger charge is -2.25. The Balaban J connectivity index is 2.07. The molecule has 118 valence electrons. The van der Waals surface area contributed by atoms with Crippen molar-refractivity contribution in [3.63, 3.8) is 0 Å². The Morgan fingerprint density at radius 3 is 2.74 bits per heavy atom. The van der Waals surface area contributed by atoms with E-state index >= 15 is 0 Å². The molecule has 1 aliphatic heterocycles. The standard InChI is InChI=1S/C17H14FNO4/c1-10(20)14-15(11-4-2-5-12(18)8-11)19(17(22)16(14)21)9-13-6-3-7-23-13/h2-8,15,21H,9H2,1H3/t15-/m0/s1. The normalized spacial score (nSPS) is 17.9. The van der Waals surface area contributed by atoms with Gasteiger partial charge in [-0.2, -0.15) is 0 Å². The molecule has 0 saturated carbocycles. The van der Waals surface area contributed by atoms with Gasteiger partial charge in [0.05, 0.1) is 24.4 Å². The van der Waals surface area contributed by atoms with Gasteiger partial charge in [-0.3, -0.25) is 9.59 Å². The van der Waals surface area contributed by atoms with Crippen LogP contribution < -0.4 is 0 Å². The molecule has 0 radical (unpaired) electrons. The fraction of sp³-hybridized carbons (Fsp3) is 0.176. The maximum atomic E-state index is 13.6. The molecule has 1 aromatic carbocycles. The number of nitrogens with zero attached hydrogens (tertiary/aromatic N) is 1. The second kappa shape index (κ2) is 5.72. The molecular formula is C17H14FNO4. The van der Waals surface area contributed by atoms with Gasteiger partial charge in [-0.25, -0.2) is 4.39 Å². The zero-order chi connectivity index (χ0) is 16.6. The molecule has 1 atom stereocenters. The molecular weight excluding hydrogens is 301 g/mol. The quantitative estimate of drug-likeness (QED) is 0.942. The molecule has 1 N–H and O–H groups in total. The van der Waals surface area contributed by atoms with E-state index in [1.54, 1.807) is 18.2 Å². The SMILES string of the molecule is CC(=O)C1=C(O)C(=O)N(Cc2ccco2)[C@H]1c1cccc(F)c1. The molecule has 2 aromatic rings. The van der Waals surface area contributed by atoms with E-state index in [9.17, 15) is 19.1 Å². The summed E-state index contributed by atoms with van der Waals surface area (Å²) in [5.74, 6) is -1.70. The van der Waals surface area contributed by atoms with Gasteiger partial charge in [-0.05, 0) is 36.8 Å². The summed E-state index contributed by atoms with van der Waals surface area (Å²) in [6.07, 6.45) is 1.46. The van der Waals surface area contributed by atoms with Crippen molar-refractivity contribution in [2.75, 3.05) is 0 Å². The van der Waals surface area contributed by atoms with Crippen molar-refractivity contribution < 1.29 is 23.5 Å². The third kappa shape index (κ3) is 2.63. The Morgan fingerprint density at radius 1 is 1.35 bits per heavy atom. The van der Waals surface area contributed by atoms with E-state index in [-0.39, 0.29) is 12.1 Å². The first kappa shape index (κ1) is 15.0. The van der Waals surface area contributed by atoms with Crippen LogP contribution in [-0.2, 0) is 16.1 Å². The van der Waals surface area contributed by atoms with Gasteiger partial charge in [-0.15, -0.1) is 0 Å². The summed E-state index contributed by atoms with van der Waals surface area (Å²) < 4.78 is 18.8. The van der Waals surface area contributed by atoms with Gasteiger partial charge < -0.3 is 14.4 Å². The van der Waals surface area contributed by atoms with Crippen LogP contribution in [0.2, 0.25) is 0 Å². The second-order valence-corrected chi connectivity index (χ2v) is 5.29. The third-order valence-electron chi connectivity index (χ3n) is 3.75. The smallest absolute Gasteiger partial charge is 0.290 e. The number of carbonyl (C=O) groups is 2. The second-order valence-electron chi connectivity index (χ2n) is 5.29. The highest BCUT2D eigenvalue weighted by atomic mass is 19.1. The number of aliphatic hydroxyl groups excluding tert-OH is 1. The highest BCUT2D eigenvalue weighted by Crippen LogP contribution is 2.38. The number of carbonyl (C=O) groups excluding carboxylic acids is 2. The number of rotatable bonds is 4. The minimum absolute atomic E-state index is 0.0350. The average Bonchev–Trinajstić information content (AvgIpc) is 3.09. The molecule has 0 bridgehead atoms. The predicted octanol–water partition coefficient (Wildman–Crippen LogP) is 2.90. The summed E-state index contributed by atoms with van der Waals surface area (Å²) in [6, 6.07) is 8.12. The van der Waals surface area contributed by atoms with Crippen molar-refractivity contribution in [1.29, 1.82) is 0 Å². The lowest BCUT2D eigenvalue weighted by atomic mass is 9.96. The first-order valence-electron chi connectivity index (χ1n) is 7.02. The van der Waals surface area contributed by atoms with Gasteiger partial charge in [0.2, 0.25) is 0 Å². The zero-order valence-corrected chi connectivity index (χ0v) is 12.3. The molecule has 2 heterocycles. The van der Waals surface area contributed by atoms with E-state index in [2.05, 4.69) is 0 Å². The van der Waals surface area contributed by atoms with E-state index in [4.69, 9.17) is 4.42 Å². The fourth-order valence-corrected chi connectivity index (χ4v) is 2.77. The van der Waals surface area contributed by atoms with Crippen LogP contribution in [0.25, 0.3) is 0 Å². The number of hydrogen-bond donors (Lipinski definition) is 1. The third-order valence-corrected chi connectivity index (χ3v) is 3.75. The molecule has 0 saturated heterocycles. The van der Waals surface area contributed by atoms with Crippen molar-refractivity contribution in [3.8, 4) is 0 Å². The number of Topliss-reactive ketones (excluding diaryl/α,β-unsaturated/α-hetero) is 1. The number of ketones is 1. The summed E-state index contributed by atoms with van der Waals surface area (Å²) >= 11 is 0. The lowest BCUT2D eigenvalue weighted by molar-refractivity contribution is -0.130. The highest BCUT2D eigenvalue weighted by Gasteiger charge is 2.42. The predicted molar refractivity (Wildman–Crippen MR) is 78.7 cm³/mol. The number of amides is 1. The monoisotopic (exact) mass is 315 g/mol. The van der Waals surface area contributed by atoms with Gasteiger partial charge >= 0.3 is 0 Å². The summed E-state index contributed by atoms with van der Waals surface area (Å²) in [7, 11) is 0. The maximum Gasteiger partial charge on any atom is 0.290 e. The van der Waals surface area contributed by atoms with Crippen molar-refractivity contribution >= 4 is 11.7 Å². The Morgan fingerprint density at radius 2 is 2.13 bits per heavy atom. The van der Waals surface area contributed by atoms with Gasteiger partial charge in [0.1, 0.15) is 11.6 Å². The van der Waals surface area contributed by atoms with Crippen molar-refractivity contribution in [2.45, 2.75) is 19.5 Å². The van der Waals surface area contributed by atoms with Crippen LogP contribution in [0.4, 0.5) is 4.39 Å². The molecule has 5 nitrogen and oxygen atoms in total. The topological polar surface area (TPSA) is 70.8 Å². The summed E-state index contributed by atoms with van der Waals surface area (Å²) in [4.78, 5) is 25.5. The molecule has 0 fully saturated rings. The van der Waals surface area contributed by atoms with Gasteiger partial charge in [0, 0.05) is 0 Å². The number of halogens is 1. The largest absolute Gasteiger partial charge is 0.503 e. The summed E-state index contributed by atoms with van der Waals surface area (Å²) in [6.45, 7) is 1.33. The molecule has 3 rings (SSSR count). The Kier molecular flexibility index (Phi) is 3.73. The van der Waals surface area contributed by atoms with E-state index in [0.29, 0.717) is 11.3 Å². The molecule has 23 heavy (non-hydrogen) atoms. The molecule has 0 unspecified atom stereocenters. The molecule has 0 aliphatic carbocycles. The van der Waals surface area contributed by atoms with Crippen LogP contribution >= 0.6 is 0 Å². The van der Waals surface area contributed by atoms with Crippen LogP contribution in [-0.4, -0.2) is 21.7 Å². The molecule has 6 heteroatoms. The Bertz CT molecular complexity index is 795. The first-order chi connectivity index (χ1) is 11.0. The van der Waals surface area contributed by atoms with Gasteiger partial charge in [0.25, 0.3) is 5.91 Å². The van der Waals surface area contributed by atoms with Crippen LogP contribution in [0.5, 0.6) is 0 Å². The average molecular weight is 315 g/mol. The minimum atomic E-state index is -0.846. The highest BCUT2D eigenvalue weighted by molar-refractivity contribution is 6.08. The minimum Gasteiger partial charge on any atom is -0.503 e. The van der Waals surface area contributed by atoms with Crippen LogP contribution in [0.3, 0.4) is 0 Å². The number of furan rings is 1. The number of benzene rings is 1. The van der Waals surface area contributed by atoms with E-state index in [1.165, 1.54) is 36.3 Å². The Hall–Kier alpha value is -2.89. The fourth-order valence-electron chi connectivity index (χ4n) is 2.77. The van der Waals surface area contributed by atoms with Gasteiger partial charge in [0.15, 0.2) is 11.5 Å². The maximum absolute atomic E-state index is 13.6. The van der Waals surface area contributed by atoms with Gasteiger partial charge in [-0.1, -0.05) is 12.1 Å². The summed E-state index contributed by atoms with van der Waals surface area (Å²) in [5.41, 5.74) is 0.381. The van der Waals surface area contributed by atoms with E-state index < -0.39 is 29.3 Å². The van der Waals surface area contributed by atoms with Crippen molar-refractivity contribution in [3.05, 3.63) is 71.1 Å². The van der Waals surface area contributed by atoms with Crippen LogP contribution in [0.1, 0.15) is 24.3 Å². The lowest BCUT2D eigenvalue weighted by Crippen LogP contribution is -2.30. The Labute approximate surface area is 131 Å². The van der Waals surface area contributed by atoms with E-state index in [1.807, 2.05) is 0 Å². The summed E-state index contributed by atoms with van der Waals surface area (Å²) in [5, 5.41) is 10.1. The first-order valence-corrected chi connectivity index (χ1v) is 7.02. The van der Waals surface area contributed by atoms with Crippen molar-refractivity contribution in [2.24, 2.45) is 0 Å². The van der Waals surface area contributed by atoms with Crippen LogP contribution in [0.15, 0.2) is 58.4 Å². The molecule has 0 spiro atoms. The molecule has 1 aromatic heterocycles.